The quantitative estimate of drug-likeness (QED) is 0.830. The molecule has 0 spiro atoms. The van der Waals surface area contributed by atoms with Crippen LogP contribution in [0.1, 0.15) is 11.3 Å². The molecule has 98 valence electrons. The summed E-state index contributed by atoms with van der Waals surface area (Å²) in [7, 11) is 1.97. The van der Waals surface area contributed by atoms with E-state index in [1.54, 1.807) is 12.4 Å². The van der Waals surface area contributed by atoms with Gasteiger partial charge in [0.05, 0.1) is 17.6 Å². The number of hydrogen-bond donors (Lipinski definition) is 2. The fourth-order valence-corrected chi connectivity index (χ4v) is 2.30. The highest BCUT2D eigenvalue weighted by Gasteiger charge is 2.19. The molecule has 0 amide bonds. The van der Waals surface area contributed by atoms with Crippen LogP contribution >= 0.6 is 0 Å². The van der Waals surface area contributed by atoms with E-state index in [9.17, 15) is 0 Å². The van der Waals surface area contributed by atoms with Gasteiger partial charge in [-0.3, -0.25) is 4.98 Å². The Morgan fingerprint density at radius 1 is 1.37 bits per heavy atom. The Bertz CT molecular complexity index is 583. The number of fused-ring (bicyclic) bond motifs is 1. The number of nitrogens with one attached hydrogen (secondary N) is 1. The Morgan fingerprint density at radius 2 is 2.26 bits per heavy atom. The normalized spacial score (nSPS) is 13.9. The molecule has 3 N–H and O–H groups in total. The fourth-order valence-electron chi connectivity index (χ4n) is 2.30. The molecule has 0 fully saturated rings. The first-order valence-electron chi connectivity index (χ1n) is 6.25. The molecule has 3 heterocycles. The van der Waals surface area contributed by atoms with Crippen molar-refractivity contribution in [2.45, 2.75) is 13.0 Å². The highest BCUT2D eigenvalue weighted by molar-refractivity contribution is 5.63. The van der Waals surface area contributed by atoms with Gasteiger partial charge in [-0.05, 0) is 12.1 Å². The van der Waals surface area contributed by atoms with Gasteiger partial charge in [0.25, 0.3) is 0 Å². The molecule has 3 rings (SSSR count). The summed E-state index contributed by atoms with van der Waals surface area (Å²) >= 11 is 0. The van der Waals surface area contributed by atoms with Crippen molar-refractivity contribution in [2.24, 2.45) is 0 Å². The van der Waals surface area contributed by atoms with Crippen LogP contribution in [0, 0.1) is 0 Å². The van der Waals surface area contributed by atoms with Gasteiger partial charge in [0.2, 0.25) is 5.95 Å². The van der Waals surface area contributed by atoms with E-state index in [1.807, 2.05) is 24.1 Å². The number of aromatic nitrogens is 3. The zero-order valence-corrected chi connectivity index (χ0v) is 10.8. The lowest BCUT2D eigenvalue weighted by molar-refractivity contribution is 0.627. The highest BCUT2D eigenvalue weighted by atomic mass is 15.2. The molecule has 1 aliphatic rings. The van der Waals surface area contributed by atoms with Gasteiger partial charge in [0, 0.05) is 38.3 Å². The Morgan fingerprint density at radius 3 is 3.05 bits per heavy atom. The van der Waals surface area contributed by atoms with E-state index in [-0.39, 0.29) is 0 Å². The first-order valence-corrected chi connectivity index (χ1v) is 6.25. The van der Waals surface area contributed by atoms with E-state index >= 15 is 0 Å². The number of nitrogens with two attached hydrogens (primary N) is 1. The van der Waals surface area contributed by atoms with Crippen molar-refractivity contribution in [2.75, 3.05) is 24.2 Å². The molecule has 6 nitrogen and oxygen atoms in total. The maximum absolute atomic E-state index is 5.81. The first-order chi connectivity index (χ1) is 9.25. The Kier molecular flexibility index (Phi) is 3.00. The molecule has 2 aromatic heterocycles. The van der Waals surface area contributed by atoms with Crippen molar-refractivity contribution < 1.29 is 0 Å². The highest BCUT2D eigenvalue weighted by Crippen LogP contribution is 2.28. The van der Waals surface area contributed by atoms with Crippen molar-refractivity contribution in [1.82, 2.24) is 20.3 Å². The van der Waals surface area contributed by atoms with E-state index in [2.05, 4.69) is 20.3 Å². The van der Waals surface area contributed by atoms with Gasteiger partial charge >= 0.3 is 0 Å². The van der Waals surface area contributed by atoms with Crippen LogP contribution in [0.5, 0.6) is 0 Å². The van der Waals surface area contributed by atoms with Crippen molar-refractivity contribution in [3.05, 3.63) is 35.8 Å². The topological polar surface area (TPSA) is 80.0 Å². The third-order valence-corrected chi connectivity index (χ3v) is 3.28. The van der Waals surface area contributed by atoms with Gasteiger partial charge in [0.1, 0.15) is 5.82 Å². The van der Waals surface area contributed by atoms with Crippen LogP contribution in [0.2, 0.25) is 0 Å². The van der Waals surface area contributed by atoms with E-state index in [0.29, 0.717) is 5.95 Å². The van der Waals surface area contributed by atoms with Crippen LogP contribution < -0.4 is 16.0 Å². The minimum Gasteiger partial charge on any atom is -0.368 e. The maximum atomic E-state index is 5.81. The fraction of sp³-hybridized carbons (Fsp3) is 0.308. The second-order valence-electron chi connectivity index (χ2n) is 4.53. The molecule has 0 aromatic carbocycles. The molecule has 19 heavy (non-hydrogen) atoms. The summed E-state index contributed by atoms with van der Waals surface area (Å²) in [6, 6.07) is 3.90. The van der Waals surface area contributed by atoms with Gasteiger partial charge in [-0.25, -0.2) is 4.98 Å². The molecule has 0 saturated carbocycles. The second-order valence-corrected chi connectivity index (χ2v) is 4.53. The molecule has 0 saturated heterocycles. The van der Waals surface area contributed by atoms with Crippen LogP contribution in [0.3, 0.4) is 0 Å². The van der Waals surface area contributed by atoms with E-state index in [1.165, 1.54) is 0 Å². The molecule has 0 atom stereocenters. The number of nitrogens with zero attached hydrogens (tertiary/aromatic N) is 4. The van der Waals surface area contributed by atoms with Crippen LogP contribution in [-0.2, 0) is 13.0 Å². The molecular formula is C13H16N6. The molecular weight excluding hydrogens is 240 g/mol. The smallest absolute Gasteiger partial charge is 0.222 e. The first kappa shape index (κ1) is 11.9. The van der Waals surface area contributed by atoms with Crippen LogP contribution in [0.25, 0.3) is 0 Å². The van der Waals surface area contributed by atoms with Crippen molar-refractivity contribution in [1.29, 1.82) is 0 Å². The number of rotatable bonds is 2. The molecule has 6 heteroatoms. The monoisotopic (exact) mass is 256 g/mol. The Labute approximate surface area is 111 Å². The SMILES string of the molecule is CN(c1cccnc1)c1nc(N)nc2c1CNCC2. The second kappa shape index (κ2) is 4.81. The largest absolute Gasteiger partial charge is 0.368 e. The average Bonchev–Trinajstić information content (AvgIpc) is 2.46. The standard InChI is InChI=1S/C13H16N6/c1-19(9-3-2-5-15-7-9)12-10-8-16-6-4-11(10)17-13(14)18-12/h2-3,5,7,16H,4,6,8H2,1H3,(H2,14,17,18). The lowest BCUT2D eigenvalue weighted by atomic mass is 10.1. The van der Waals surface area contributed by atoms with Gasteiger partial charge < -0.3 is 16.0 Å². The summed E-state index contributed by atoms with van der Waals surface area (Å²) in [5, 5.41) is 3.34. The lowest BCUT2D eigenvalue weighted by Gasteiger charge is -2.25. The third-order valence-electron chi connectivity index (χ3n) is 3.28. The van der Waals surface area contributed by atoms with Gasteiger partial charge in [-0.1, -0.05) is 0 Å². The number of anilines is 3. The van der Waals surface area contributed by atoms with E-state index in [0.717, 1.165) is 42.3 Å². The Hall–Kier alpha value is -2.21. The van der Waals surface area contributed by atoms with Crippen LogP contribution in [0.4, 0.5) is 17.5 Å². The molecule has 1 aliphatic heterocycles. The van der Waals surface area contributed by atoms with Crippen molar-refractivity contribution >= 4 is 17.5 Å². The number of hydrogen-bond acceptors (Lipinski definition) is 6. The zero-order chi connectivity index (χ0) is 13.2. The predicted octanol–water partition coefficient (Wildman–Crippen LogP) is 0.867. The minimum absolute atomic E-state index is 0.325. The average molecular weight is 256 g/mol. The van der Waals surface area contributed by atoms with Crippen molar-refractivity contribution in [3.63, 3.8) is 0 Å². The summed E-state index contributed by atoms with van der Waals surface area (Å²) < 4.78 is 0. The van der Waals surface area contributed by atoms with Crippen LogP contribution in [0.15, 0.2) is 24.5 Å². The predicted molar refractivity (Wildman–Crippen MR) is 74.2 cm³/mol. The summed E-state index contributed by atoms with van der Waals surface area (Å²) in [5.74, 6) is 1.18. The van der Waals surface area contributed by atoms with E-state index < -0.39 is 0 Å². The lowest BCUT2D eigenvalue weighted by Crippen LogP contribution is -2.28. The Balaban J connectivity index is 2.07. The van der Waals surface area contributed by atoms with Gasteiger partial charge in [-0.2, -0.15) is 4.98 Å². The molecule has 0 radical (unpaired) electrons. The third kappa shape index (κ3) is 2.22. The molecule has 2 aromatic rings. The summed E-state index contributed by atoms with van der Waals surface area (Å²) in [6.45, 7) is 1.70. The van der Waals surface area contributed by atoms with Gasteiger partial charge in [-0.15, -0.1) is 0 Å². The minimum atomic E-state index is 0.325. The van der Waals surface area contributed by atoms with Gasteiger partial charge in [0.15, 0.2) is 0 Å². The van der Waals surface area contributed by atoms with E-state index in [4.69, 9.17) is 5.73 Å². The summed E-state index contributed by atoms with van der Waals surface area (Å²) in [5.41, 5.74) is 8.95. The summed E-state index contributed by atoms with van der Waals surface area (Å²) in [6.07, 6.45) is 4.44. The molecule has 0 aliphatic carbocycles. The zero-order valence-electron chi connectivity index (χ0n) is 10.8. The summed E-state index contributed by atoms with van der Waals surface area (Å²) in [4.78, 5) is 14.9. The van der Waals surface area contributed by atoms with Crippen LogP contribution in [-0.4, -0.2) is 28.5 Å². The maximum Gasteiger partial charge on any atom is 0.222 e. The molecule has 0 bridgehead atoms. The van der Waals surface area contributed by atoms with Crippen molar-refractivity contribution in [3.8, 4) is 0 Å². The number of pyridine rings is 1. The number of nitrogen functional groups attached to an aromatic ring is 1. The molecule has 0 unspecified atom stereocenters.